The Hall–Kier alpha value is -1.26. The Morgan fingerprint density at radius 2 is 1.71 bits per heavy atom. The maximum absolute atomic E-state index is 12.1. The summed E-state index contributed by atoms with van der Waals surface area (Å²) < 4.78 is 5.33. The minimum atomic E-state index is -0.810. The summed E-state index contributed by atoms with van der Waals surface area (Å²) >= 11 is 0. The molecule has 122 valence electrons. The molecule has 5 nitrogen and oxygen atoms in total. The molecule has 5 heteroatoms. The van der Waals surface area contributed by atoms with Crippen molar-refractivity contribution in [1.29, 1.82) is 0 Å². The van der Waals surface area contributed by atoms with Crippen molar-refractivity contribution in [3.63, 3.8) is 0 Å². The van der Waals surface area contributed by atoms with Crippen LogP contribution >= 0.6 is 0 Å². The van der Waals surface area contributed by atoms with Crippen LogP contribution in [0.15, 0.2) is 0 Å². The van der Waals surface area contributed by atoms with E-state index in [9.17, 15) is 14.7 Å². The van der Waals surface area contributed by atoms with Gasteiger partial charge in [0.1, 0.15) is 5.60 Å². The number of nitrogens with one attached hydrogen (secondary N) is 1. The first-order valence-electron chi connectivity index (χ1n) is 7.57. The third-order valence-electron chi connectivity index (χ3n) is 3.99. The molecule has 0 saturated heterocycles. The molecule has 1 atom stereocenters. The summed E-state index contributed by atoms with van der Waals surface area (Å²) in [6.45, 7) is 11.5. The van der Waals surface area contributed by atoms with Crippen molar-refractivity contribution in [1.82, 2.24) is 5.32 Å². The molecule has 0 aromatic rings. The number of rotatable bonds is 4. The van der Waals surface area contributed by atoms with Crippen LogP contribution in [-0.2, 0) is 9.53 Å². The number of aliphatic carboxylic acids is 1. The van der Waals surface area contributed by atoms with E-state index in [1.807, 2.05) is 41.5 Å². The number of amides is 1. The van der Waals surface area contributed by atoms with Crippen LogP contribution in [-0.4, -0.2) is 28.8 Å². The van der Waals surface area contributed by atoms with Crippen molar-refractivity contribution < 1.29 is 19.4 Å². The number of carboxylic acids is 1. The fraction of sp³-hybridized carbons (Fsp3) is 0.875. The van der Waals surface area contributed by atoms with Gasteiger partial charge in [-0.05, 0) is 39.0 Å². The summed E-state index contributed by atoms with van der Waals surface area (Å²) in [5.74, 6) is -0.810. The first kappa shape index (κ1) is 17.8. The highest BCUT2D eigenvalue weighted by Crippen LogP contribution is 2.51. The van der Waals surface area contributed by atoms with Gasteiger partial charge in [0.15, 0.2) is 0 Å². The molecule has 0 radical (unpaired) electrons. The minimum Gasteiger partial charge on any atom is -0.481 e. The predicted octanol–water partition coefficient (Wildman–Crippen LogP) is 3.57. The summed E-state index contributed by atoms with van der Waals surface area (Å²) in [4.78, 5) is 23.3. The van der Waals surface area contributed by atoms with E-state index in [0.717, 1.165) is 19.3 Å². The molecule has 2 N–H and O–H groups in total. The van der Waals surface area contributed by atoms with E-state index in [1.165, 1.54) is 0 Å². The van der Waals surface area contributed by atoms with Crippen molar-refractivity contribution >= 4 is 12.1 Å². The van der Waals surface area contributed by atoms with Crippen molar-refractivity contribution in [3.8, 4) is 0 Å². The van der Waals surface area contributed by atoms with Crippen molar-refractivity contribution in [2.45, 2.75) is 78.9 Å². The van der Waals surface area contributed by atoms with Gasteiger partial charge in [0.2, 0.25) is 0 Å². The molecule has 21 heavy (non-hydrogen) atoms. The largest absolute Gasteiger partial charge is 0.481 e. The average molecular weight is 299 g/mol. The topological polar surface area (TPSA) is 75.6 Å². The molecule has 1 aliphatic rings. The highest BCUT2D eigenvalue weighted by Gasteiger charge is 2.50. The van der Waals surface area contributed by atoms with Gasteiger partial charge in [-0.1, -0.05) is 27.2 Å². The molecular formula is C16H29NO4. The number of alkyl carbamates (subject to hydrolysis) is 1. The van der Waals surface area contributed by atoms with E-state index < -0.39 is 17.7 Å². The number of carbonyl (C=O) groups is 2. The van der Waals surface area contributed by atoms with Crippen LogP contribution < -0.4 is 5.32 Å². The van der Waals surface area contributed by atoms with Crippen molar-refractivity contribution in [3.05, 3.63) is 0 Å². The summed E-state index contributed by atoms with van der Waals surface area (Å²) in [5, 5.41) is 12.1. The van der Waals surface area contributed by atoms with Crippen molar-refractivity contribution in [2.75, 3.05) is 0 Å². The van der Waals surface area contributed by atoms with Crippen LogP contribution in [0.5, 0.6) is 0 Å². The molecule has 0 spiro atoms. The number of carbonyl (C=O) groups excluding carboxylic acids is 1. The predicted molar refractivity (Wildman–Crippen MR) is 81.1 cm³/mol. The minimum absolute atomic E-state index is 0.0880. The van der Waals surface area contributed by atoms with E-state index in [1.54, 1.807) is 0 Å². The Labute approximate surface area is 127 Å². The lowest BCUT2D eigenvalue weighted by Crippen LogP contribution is -2.58. The van der Waals surface area contributed by atoms with Gasteiger partial charge >= 0.3 is 12.1 Å². The van der Waals surface area contributed by atoms with Gasteiger partial charge in [-0.15, -0.1) is 0 Å². The van der Waals surface area contributed by atoms with Crippen LogP contribution in [0.4, 0.5) is 4.79 Å². The van der Waals surface area contributed by atoms with E-state index in [-0.39, 0.29) is 23.3 Å². The zero-order valence-electron chi connectivity index (χ0n) is 14.1. The number of carboxylic acid groups (broad SMARTS) is 1. The highest BCUT2D eigenvalue weighted by molar-refractivity contribution is 5.70. The van der Waals surface area contributed by atoms with Crippen LogP contribution in [0.25, 0.3) is 0 Å². The van der Waals surface area contributed by atoms with Crippen LogP contribution in [0.2, 0.25) is 0 Å². The van der Waals surface area contributed by atoms with Gasteiger partial charge in [-0.25, -0.2) is 4.79 Å². The molecule has 0 aliphatic heterocycles. The Balaban J connectivity index is 2.91. The Bertz CT molecular complexity index is 399. The fourth-order valence-corrected chi connectivity index (χ4v) is 3.21. The average Bonchev–Trinajstić information content (AvgIpc) is 2.16. The second-order valence-corrected chi connectivity index (χ2v) is 8.23. The molecule has 1 saturated carbocycles. The zero-order chi connectivity index (χ0) is 16.5. The van der Waals surface area contributed by atoms with Crippen LogP contribution in [0, 0.1) is 10.8 Å². The summed E-state index contributed by atoms with van der Waals surface area (Å²) in [6.07, 6.45) is 2.29. The van der Waals surface area contributed by atoms with Gasteiger partial charge in [0.05, 0.1) is 6.42 Å². The summed E-state index contributed by atoms with van der Waals surface area (Å²) in [5.41, 5.74) is -1.15. The third-order valence-corrected chi connectivity index (χ3v) is 3.99. The Morgan fingerprint density at radius 3 is 2.00 bits per heavy atom. The normalized spacial score (nSPS) is 19.3. The first-order chi connectivity index (χ1) is 9.36. The van der Waals surface area contributed by atoms with Gasteiger partial charge < -0.3 is 15.2 Å². The maximum atomic E-state index is 12.1. The summed E-state index contributed by atoms with van der Waals surface area (Å²) in [7, 11) is 0. The van der Waals surface area contributed by atoms with Crippen molar-refractivity contribution in [2.24, 2.45) is 10.8 Å². The van der Waals surface area contributed by atoms with Crippen LogP contribution in [0.3, 0.4) is 0 Å². The Kier molecular flexibility index (Phi) is 4.96. The van der Waals surface area contributed by atoms with Gasteiger partial charge in [-0.3, -0.25) is 4.79 Å². The number of hydrogen-bond donors (Lipinski definition) is 2. The lowest BCUT2D eigenvalue weighted by atomic mass is 9.56. The second kappa shape index (κ2) is 5.85. The smallest absolute Gasteiger partial charge is 0.407 e. The van der Waals surface area contributed by atoms with E-state index in [2.05, 4.69) is 5.32 Å². The molecule has 0 bridgehead atoms. The molecule has 1 fully saturated rings. The van der Waals surface area contributed by atoms with E-state index >= 15 is 0 Å². The summed E-state index contributed by atoms with van der Waals surface area (Å²) in [6, 6.07) is -0.218. The second-order valence-electron chi connectivity index (χ2n) is 8.23. The molecule has 0 aromatic carbocycles. The van der Waals surface area contributed by atoms with Gasteiger partial charge in [0, 0.05) is 11.5 Å². The molecule has 1 aliphatic carbocycles. The number of hydrogen-bond acceptors (Lipinski definition) is 3. The SMILES string of the molecule is CC(C)(C)OC(=O)NC(C(C)(C)C)C1(CC(=O)O)CCC1. The lowest BCUT2D eigenvalue weighted by molar-refractivity contribution is -0.143. The molecule has 0 heterocycles. The molecule has 1 rings (SSSR count). The third kappa shape index (κ3) is 4.90. The Morgan fingerprint density at radius 1 is 1.19 bits per heavy atom. The maximum Gasteiger partial charge on any atom is 0.407 e. The van der Waals surface area contributed by atoms with Crippen LogP contribution in [0.1, 0.15) is 67.2 Å². The van der Waals surface area contributed by atoms with Gasteiger partial charge in [-0.2, -0.15) is 0 Å². The zero-order valence-corrected chi connectivity index (χ0v) is 14.1. The monoisotopic (exact) mass is 299 g/mol. The standard InChI is InChI=1S/C16H29NO4/c1-14(2,3)12(17-13(20)21-15(4,5)6)16(8-7-9-16)10-11(18)19/h12H,7-10H2,1-6H3,(H,17,20)(H,18,19). The molecular weight excluding hydrogens is 270 g/mol. The quantitative estimate of drug-likeness (QED) is 0.832. The molecule has 1 amide bonds. The van der Waals surface area contributed by atoms with E-state index in [4.69, 9.17) is 4.74 Å². The fourth-order valence-electron chi connectivity index (χ4n) is 3.21. The first-order valence-corrected chi connectivity index (χ1v) is 7.57. The molecule has 0 aromatic heterocycles. The lowest BCUT2D eigenvalue weighted by Gasteiger charge is -2.52. The van der Waals surface area contributed by atoms with E-state index in [0.29, 0.717) is 0 Å². The molecule has 1 unspecified atom stereocenters. The highest BCUT2D eigenvalue weighted by atomic mass is 16.6. The van der Waals surface area contributed by atoms with Gasteiger partial charge in [0.25, 0.3) is 0 Å². The number of ether oxygens (including phenoxy) is 1.